The van der Waals surface area contributed by atoms with E-state index in [0.717, 1.165) is 5.56 Å². The SMILES string of the molecule is [CH]=Cc1cccc(C(C)(C)C)c1. The summed E-state index contributed by atoms with van der Waals surface area (Å²) in [6, 6.07) is 8.31. The molecule has 0 bridgehead atoms. The van der Waals surface area contributed by atoms with Crippen molar-refractivity contribution in [2.24, 2.45) is 0 Å². The second-order valence-electron chi connectivity index (χ2n) is 4.04. The van der Waals surface area contributed by atoms with E-state index < -0.39 is 0 Å². The van der Waals surface area contributed by atoms with Crippen molar-refractivity contribution in [3.05, 3.63) is 42.0 Å². The summed E-state index contributed by atoms with van der Waals surface area (Å²) in [7, 11) is 0. The quantitative estimate of drug-likeness (QED) is 0.589. The zero-order valence-electron chi connectivity index (χ0n) is 7.96. The average Bonchev–Trinajstić information content (AvgIpc) is 2.03. The van der Waals surface area contributed by atoms with E-state index in [1.54, 1.807) is 6.08 Å². The van der Waals surface area contributed by atoms with E-state index >= 15 is 0 Å². The minimum absolute atomic E-state index is 0.207. The highest BCUT2D eigenvalue weighted by molar-refractivity contribution is 5.47. The fraction of sp³-hybridized carbons (Fsp3) is 0.333. The molecule has 0 unspecified atom stereocenters. The normalized spacial score (nSPS) is 11.2. The molecule has 0 spiro atoms. The van der Waals surface area contributed by atoms with Gasteiger partial charge in [-0.05, 0) is 16.5 Å². The van der Waals surface area contributed by atoms with Gasteiger partial charge in [-0.1, -0.05) is 57.7 Å². The van der Waals surface area contributed by atoms with Crippen molar-refractivity contribution in [1.82, 2.24) is 0 Å². The van der Waals surface area contributed by atoms with Crippen molar-refractivity contribution in [1.29, 1.82) is 0 Å². The molecule has 1 aromatic rings. The van der Waals surface area contributed by atoms with Crippen LogP contribution in [0.15, 0.2) is 24.3 Å². The van der Waals surface area contributed by atoms with E-state index in [1.807, 2.05) is 12.1 Å². The molecule has 0 aliphatic heterocycles. The van der Waals surface area contributed by atoms with E-state index in [0.29, 0.717) is 0 Å². The molecular weight excluding hydrogens is 144 g/mol. The summed E-state index contributed by atoms with van der Waals surface area (Å²) in [5.74, 6) is 0. The maximum absolute atomic E-state index is 5.44. The van der Waals surface area contributed by atoms with E-state index in [-0.39, 0.29) is 5.41 Å². The Kier molecular flexibility index (Phi) is 2.37. The van der Waals surface area contributed by atoms with Gasteiger partial charge in [-0.25, -0.2) is 0 Å². The first-order chi connectivity index (χ1) is 5.54. The van der Waals surface area contributed by atoms with Crippen LogP contribution in [0.3, 0.4) is 0 Å². The zero-order valence-corrected chi connectivity index (χ0v) is 7.96. The Morgan fingerprint density at radius 3 is 2.42 bits per heavy atom. The Hall–Kier alpha value is -1.04. The molecule has 0 nitrogen and oxygen atoms in total. The molecule has 0 fully saturated rings. The number of benzene rings is 1. The first-order valence-corrected chi connectivity index (χ1v) is 4.19. The van der Waals surface area contributed by atoms with Crippen molar-refractivity contribution >= 4 is 6.08 Å². The molecule has 1 radical (unpaired) electrons. The summed E-state index contributed by atoms with van der Waals surface area (Å²) < 4.78 is 0. The third-order valence-corrected chi connectivity index (χ3v) is 1.95. The van der Waals surface area contributed by atoms with E-state index in [9.17, 15) is 0 Å². The zero-order chi connectivity index (χ0) is 9.19. The van der Waals surface area contributed by atoms with Crippen LogP contribution in [0.4, 0.5) is 0 Å². The van der Waals surface area contributed by atoms with Crippen LogP contribution in [0.25, 0.3) is 6.08 Å². The van der Waals surface area contributed by atoms with Crippen LogP contribution in [-0.2, 0) is 5.41 Å². The Balaban J connectivity index is 3.10. The lowest BCUT2D eigenvalue weighted by Gasteiger charge is -2.19. The molecule has 0 atom stereocenters. The van der Waals surface area contributed by atoms with Gasteiger partial charge < -0.3 is 0 Å². The maximum atomic E-state index is 5.44. The second kappa shape index (κ2) is 3.14. The van der Waals surface area contributed by atoms with Gasteiger partial charge in [0.2, 0.25) is 0 Å². The van der Waals surface area contributed by atoms with Crippen molar-refractivity contribution in [3.8, 4) is 0 Å². The fourth-order valence-electron chi connectivity index (χ4n) is 1.11. The van der Waals surface area contributed by atoms with Gasteiger partial charge in [-0.3, -0.25) is 0 Å². The summed E-state index contributed by atoms with van der Waals surface area (Å²) in [5, 5.41) is 0. The van der Waals surface area contributed by atoms with Gasteiger partial charge >= 0.3 is 0 Å². The highest BCUT2D eigenvalue weighted by Crippen LogP contribution is 2.22. The molecule has 12 heavy (non-hydrogen) atoms. The summed E-state index contributed by atoms with van der Waals surface area (Å²) >= 11 is 0. The lowest BCUT2D eigenvalue weighted by Crippen LogP contribution is -2.10. The van der Waals surface area contributed by atoms with Gasteiger partial charge in [0, 0.05) is 0 Å². The predicted octanol–water partition coefficient (Wildman–Crippen LogP) is 3.43. The molecule has 1 rings (SSSR count). The smallest absolute Gasteiger partial charge is 0.0132 e. The molecule has 0 amide bonds. The van der Waals surface area contributed by atoms with Gasteiger partial charge in [0.25, 0.3) is 0 Å². The van der Waals surface area contributed by atoms with Crippen molar-refractivity contribution in [2.45, 2.75) is 26.2 Å². The van der Waals surface area contributed by atoms with Gasteiger partial charge in [-0.15, -0.1) is 0 Å². The summed E-state index contributed by atoms with van der Waals surface area (Å²) in [6.45, 7) is 12.0. The van der Waals surface area contributed by atoms with Crippen LogP contribution in [0.5, 0.6) is 0 Å². The van der Waals surface area contributed by atoms with Crippen LogP contribution < -0.4 is 0 Å². The molecule has 0 saturated carbocycles. The van der Waals surface area contributed by atoms with Crippen molar-refractivity contribution in [2.75, 3.05) is 0 Å². The second-order valence-corrected chi connectivity index (χ2v) is 4.04. The third-order valence-electron chi connectivity index (χ3n) is 1.95. The van der Waals surface area contributed by atoms with E-state index in [4.69, 9.17) is 6.58 Å². The van der Waals surface area contributed by atoms with Crippen LogP contribution in [-0.4, -0.2) is 0 Å². The minimum Gasteiger partial charge on any atom is -0.0617 e. The topological polar surface area (TPSA) is 0 Å². The maximum Gasteiger partial charge on any atom is -0.0132 e. The number of hydrogen-bond acceptors (Lipinski definition) is 0. The first kappa shape index (κ1) is 9.05. The van der Waals surface area contributed by atoms with Gasteiger partial charge in [0.1, 0.15) is 0 Å². The Morgan fingerprint density at radius 1 is 1.25 bits per heavy atom. The van der Waals surface area contributed by atoms with Crippen molar-refractivity contribution < 1.29 is 0 Å². The van der Waals surface area contributed by atoms with Crippen LogP contribution >= 0.6 is 0 Å². The Labute approximate surface area is 74.9 Å². The lowest BCUT2D eigenvalue weighted by molar-refractivity contribution is 0.590. The minimum atomic E-state index is 0.207. The molecule has 0 aliphatic rings. The largest absolute Gasteiger partial charge is 0.0617 e. The molecular formula is C12H15. The Morgan fingerprint density at radius 2 is 1.92 bits per heavy atom. The molecule has 0 heteroatoms. The number of rotatable bonds is 1. The molecule has 0 aliphatic carbocycles. The van der Waals surface area contributed by atoms with E-state index in [1.165, 1.54) is 5.56 Å². The monoisotopic (exact) mass is 159 g/mol. The first-order valence-electron chi connectivity index (χ1n) is 4.19. The predicted molar refractivity (Wildman–Crippen MR) is 53.9 cm³/mol. The summed E-state index contributed by atoms with van der Waals surface area (Å²) in [4.78, 5) is 0. The van der Waals surface area contributed by atoms with Crippen LogP contribution in [0.1, 0.15) is 31.9 Å². The molecule has 0 aromatic heterocycles. The lowest BCUT2D eigenvalue weighted by atomic mass is 9.86. The molecule has 63 valence electrons. The van der Waals surface area contributed by atoms with E-state index in [2.05, 4.69) is 32.9 Å². The molecule has 0 N–H and O–H groups in total. The molecule has 0 saturated heterocycles. The molecule has 1 aromatic carbocycles. The van der Waals surface area contributed by atoms with Gasteiger partial charge in [0.05, 0.1) is 0 Å². The average molecular weight is 159 g/mol. The standard InChI is InChI=1S/C12H15/c1-5-10-7-6-8-11(9-10)12(2,3)4/h1,5-9H,2-4H3. The van der Waals surface area contributed by atoms with Gasteiger partial charge in [0.15, 0.2) is 0 Å². The van der Waals surface area contributed by atoms with Gasteiger partial charge in [-0.2, -0.15) is 0 Å². The highest BCUT2D eigenvalue weighted by atomic mass is 14.2. The van der Waals surface area contributed by atoms with Crippen LogP contribution in [0, 0.1) is 6.58 Å². The summed E-state index contributed by atoms with van der Waals surface area (Å²) in [5.41, 5.74) is 2.61. The Bertz CT molecular complexity index is 276. The highest BCUT2D eigenvalue weighted by Gasteiger charge is 2.12. The number of hydrogen-bond donors (Lipinski definition) is 0. The molecule has 0 heterocycles. The van der Waals surface area contributed by atoms with Crippen LogP contribution in [0.2, 0.25) is 0 Å². The summed E-state index contributed by atoms with van der Waals surface area (Å²) in [6.07, 6.45) is 1.63. The fourth-order valence-corrected chi connectivity index (χ4v) is 1.11. The third kappa shape index (κ3) is 1.97. The van der Waals surface area contributed by atoms with Crippen molar-refractivity contribution in [3.63, 3.8) is 0 Å².